The predicted molar refractivity (Wildman–Crippen MR) is 79.7 cm³/mol. The average molecular weight is 279 g/mol. The minimum atomic E-state index is 0.278. The zero-order valence-corrected chi connectivity index (χ0v) is 12.6. The van der Waals surface area contributed by atoms with Gasteiger partial charge in [0.2, 0.25) is 5.91 Å². The van der Waals surface area contributed by atoms with E-state index in [1.807, 2.05) is 4.90 Å². The molecule has 0 spiro atoms. The third-order valence-electron chi connectivity index (χ3n) is 3.71. The van der Waals surface area contributed by atoms with E-state index in [0.717, 1.165) is 26.2 Å². The van der Waals surface area contributed by atoms with Crippen molar-refractivity contribution in [1.29, 1.82) is 0 Å². The first kappa shape index (κ1) is 14.4. The van der Waals surface area contributed by atoms with Gasteiger partial charge in [-0.2, -0.15) is 0 Å². The Bertz CT molecular complexity index is 411. The van der Waals surface area contributed by atoms with Crippen molar-refractivity contribution in [3.63, 3.8) is 0 Å². The second-order valence-corrected chi connectivity index (χ2v) is 6.13. The maximum atomic E-state index is 12.1. The summed E-state index contributed by atoms with van der Waals surface area (Å²) in [5.74, 6) is 0.838. The number of benzene rings is 1. The molecule has 3 nitrogen and oxygen atoms in total. The SMILES string of the molecule is CC[NH+]1CCN(C(=O)CSc2ccc(C)cc2)CC1. The van der Waals surface area contributed by atoms with Crippen molar-refractivity contribution in [1.82, 2.24) is 4.90 Å². The molecule has 0 unspecified atom stereocenters. The number of likely N-dealkylation sites (N-methyl/N-ethyl adjacent to an activating group) is 1. The number of quaternary nitrogens is 1. The number of carbonyl (C=O) groups is 1. The van der Waals surface area contributed by atoms with Gasteiger partial charge >= 0.3 is 0 Å². The van der Waals surface area contributed by atoms with Gasteiger partial charge in [-0.1, -0.05) is 17.7 Å². The van der Waals surface area contributed by atoms with Crippen molar-refractivity contribution < 1.29 is 9.69 Å². The fraction of sp³-hybridized carbons (Fsp3) is 0.533. The Hall–Kier alpha value is -1.00. The van der Waals surface area contributed by atoms with Crippen molar-refractivity contribution in [2.24, 2.45) is 0 Å². The van der Waals surface area contributed by atoms with Crippen molar-refractivity contribution in [2.45, 2.75) is 18.7 Å². The molecule has 2 rings (SSSR count). The second-order valence-electron chi connectivity index (χ2n) is 5.09. The molecule has 0 atom stereocenters. The minimum Gasteiger partial charge on any atom is -0.332 e. The van der Waals surface area contributed by atoms with Gasteiger partial charge in [-0.3, -0.25) is 4.79 Å². The third kappa shape index (κ3) is 4.25. The number of hydrogen-bond donors (Lipinski definition) is 1. The van der Waals surface area contributed by atoms with Crippen LogP contribution in [0.4, 0.5) is 0 Å². The van der Waals surface area contributed by atoms with E-state index in [1.165, 1.54) is 17.0 Å². The Morgan fingerprint density at radius 3 is 2.47 bits per heavy atom. The van der Waals surface area contributed by atoms with E-state index < -0.39 is 0 Å². The molecule has 4 heteroatoms. The number of rotatable bonds is 4. The van der Waals surface area contributed by atoms with E-state index in [9.17, 15) is 4.79 Å². The van der Waals surface area contributed by atoms with Crippen LogP contribution in [-0.2, 0) is 4.79 Å². The molecule has 0 aromatic heterocycles. The summed E-state index contributed by atoms with van der Waals surface area (Å²) in [5.41, 5.74) is 1.26. The number of piperazine rings is 1. The Labute approximate surface area is 120 Å². The number of carbonyl (C=O) groups excluding carboxylic acids is 1. The molecule has 0 bridgehead atoms. The molecular weight excluding hydrogens is 256 g/mol. The summed E-state index contributed by atoms with van der Waals surface area (Å²) in [4.78, 5) is 16.9. The van der Waals surface area contributed by atoms with Gasteiger partial charge in [0.05, 0.1) is 38.5 Å². The monoisotopic (exact) mass is 279 g/mol. The van der Waals surface area contributed by atoms with Gasteiger partial charge in [-0.15, -0.1) is 11.8 Å². The van der Waals surface area contributed by atoms with Crippen LogP contribution >= 0.6 is 11.8 Å². The number of hydrogen-bond acceptors (Lipinski definition) is 2. The van der Waals surface area contributed by atoms with Crippen LogP contribution in [0.1, 0.15) is 12.5 Å². The molecule has 19 heavy (non-hydrogen) atoms. The van der Waals surface area contributed by atoms with Gasteiger partial charge in [0.1, 0.15) is 0 Å². The van der Waals surface area contributed by atoms with E-state index in [-0.39, 0.29) is 5.91 Å². The molecule has 1 aromatic carbocycles. The van der Waals surface area contributed by atoms with E-state index in [4.69, 9.17) is 0 Å². The van der Waals surface area contributed by atoms with E-state index >= 15 is 0 Å². The highest BCUT2D eigenvalue weighted by Gasteiger charge is 2.22. The first-order valence-corrected chi connectivity index (χ1v) is 7.98. The predicted octanol–water partition coefficient (Wildman–Crippen LogP) is 0.834. The number of nitrogens with zero attached hydrogens (tertiary/aromatic N) is 1. The van der Waals surface area contributed by atoms with Gasteiger partial charge in [0, 0.05) is 4.90 Å². The largest absolute Gasteiger partial charge is 0.332 e. The second kappa shape index (κ2) is 6.96. The fourth-order valence-electron chi connectivity index (χ4n) is 2.30. The molecule has 1 aromatic rings. The third-order valence-corrected chi connectivity index (χ3v) is 4.70. The van der Waals surface area contributed by atoms with Crippen molar-refractivity contribution in [3.8, 4) is 0 Å². The van der Waals surface area contributed by atoms with Crippen LogP contribution in [0.15, 0.2) is 29.2 Å². The molecule has 0 saturated carbocycles. The molecule has 1 N–H and O–H groups in total. The van der Waals surface area contributed by atoms with Crippen LogP contribution in [0.2, 0.25) is 0 Å². The molecule has 0 aliphatic carbocycles. The lowest BCUT2D eigenvalue weighted by molar-refractivity contribution is -0.902. The topological polar surface area (TPSA) is 24.8 Å². The van der Waals surface area contributed by atoms with Crippen LogP contribution in [-0.4, -0.2) is 49.3 Å². The molecule has 1 fully saturated rings. The number of thioether (sulfide) groups is 1. The lowest BCUT2D eigenvalue weighted by Gasteiger charge is -2.31. The van der Waals surface area contributed by atoms with Crippen LogP contribution in [0.3, 0.4) is 0 Å². The molecule has 0 radical (unpaired) electrons. The minimum absolute atomic E-state index is 0.278. The van der Waals surface area contributed by atoms with E-state index in [1.54, 1.807) is 16.7 Å². The highest BCUT2D eigenvalue weighted by molar-refractivity contribution is 8.00. The van der Waals surface area contributed by atoms with E-state index in [2.05, 4.69) is 38.1 Å². The smallest absolute Gasteiger partial charge is 0.233 e. The quantitative estimate of drug-likeness (QED) is 0.826. The van der Waals surface area contributed by atoms with E-state index in [0.29, 0.717) is 5.75 Å². The zero-order valence-electron chi connectivity index (χ0n) is 11.8. The summed E-state index contributed by atoms with van der Waals surface area (Å²) in [7, 11) is 0. The average Bonchev–Trinajstić information content (AvgIpc) is 2.46. The molecule has 104 valence electrons. The van der Waals surface area contributed by atoms with Gasteiger partial charge < -0.3 is 9.80 Å². The van der Waals surface area contributed by atoms with Gasteiger partial charge in [0.15, 0.2) is 0 Å². The lowest BCUT2D eigenvalue weighted by Crippen LogP contribution is -3.14. The molecule has 1 aliphatic heterocycles. The van der Waals surface area contributed by atoms with Gasteiger partial charge in [-0.05, 0) is 26.0 Å². The number of aryl methyl sites for hydroxylation is 1. The first-order chi connectivity index (χ1) is 9.19. The highest BCUT2D eigenvalue weighted by Crippen LogP contribution is 2.18. The molecule has 1 saturated heterocycles. The summed E-state index contributed by atoms with van der Waals surface area (Å²) >= 11 is 1.64. The van der Waals surface area contributed by atoms with Crippen molar-refractivity contribution >= 4 is 17.7 Å². The summed E-state index contributed by atoms with van der Waals surface area (Å²) < 4.78 is 0. The van der Waals surface area contributed by atoms with Gasteiger partial charge in [-0.25, -0.2) is 0 Å². The van der Waals surface area contributed by atoms with Crippen LogP contribution in [0.25, 0.3) is 0 Å². The molecule has 1 aliphatic rings. The summed E-state index contributed by atoms with van der Waals surface area (Å²) in [5, 5.41) is 0. The van der Waals surface area contributed by atoms with Crippen LogP contribution in [0.5, 0.6) is 0 Å². The van der Waals surface area contributed by atoms with Crippen LogP contribution < -0.4 is 4.90 Å². The number of amides is 1. The molecular formula is C15H23N2OS+. The fourth-order valence-corrected chi connectivity index (χ4v) is 3.10. The summed E-state index contributed by atoms with van der Waals surface area (Å²) in [6.07, 6.45) is 0. The standard InChI is InChI=1S/C15H22N2OS/c1-3-16-8-10-17(11-9-16)15(18)12-19-14-6-4-13(2)5-7-14/h4-7H,3,8-12H2,1-2H3/p+1. The van der Waals surface area contributed by atoms with Gasteiger partial charge in [0.25, 0.3) is 0 Å². The molecule has 1 heterocycles. The Kier molecular flexibility index (Phi) is 5.28. The highest BCUT2D eigenvalue weighted by atomic mass is 32.2. The Balaban J connectivity index is 1.77. The summed E-state index contributed by atoms with van der Waals surface area (Å²) in [6, 6.07) is 8.37. The first-order valence-electron chi connectivity index (χ1n) is 7.00. The van der Waals surface area contributed by atoms with Crippen molar-refractivity contribution in [2.75, 3.05) is 38.5 Å². The normalized spacial score (nSPS) is 16.6. The zero-order chi connectivity index (χ0) is 13.7. The maximum Gasteiger partial charge on any atom is 0.233 e. The van der Waals surface area contributed by atoms with Crippen molar-refractivity contribution in [3.05, 3.63) is 29.8 Å². The number of nitrogens with one attached hydrogen (secondary N) is 1. The Morgan fingerprint density at radius 2 is 1.89 bits per heavy atom. The van der Waals surface area contributed by atoms with Crippen LogP contribution in [0, 0.1) is 6.92 Å². The molecule has 1 amide bonds. The summed E-state index contributed by atoms with van der Waals surface area (Å²) in [6.45, 7) is 9.47. The Morgan fingerprint density at radius 1 is 1.26 bits per heavy atom. The maximum absolute atomic E-state index is 12.1. The lowest BCUT2D eigenvalue weighted by atomic mass is 10.2.